The highest BCUT2D eigenvalue weighted by atomic mass is 19.1. The molecule has 0 saturated heterocycles. The summed E-state index contributed by atoms with van der Waals surface area (Å²) in [4.78, 5) is 37.5. The van der Waals surface area contributed by atoms with E-state index in [0.717, 1.165) is 37.8 Å². The summed E-state index contributed by atoms with van der Waals surface area (Å²) in [6.45, 7) is 7.77. The minimum absolute atomic E-state index is 0.0641. The van der Waals surface area contributed by atoms with Crippen LogP contribution in [-0.4, -0.2) is 57.8 Å². The van der Waals surface area contributed by atoms with Crippen molar-refractivity contribution >= 4 is 17.8 Å². The quantitative estimate of drug-likeness (QED) is 0.397. The molecule has 8 heteroatoms. The standard InChI is InChI=1S/C26H38FN5O2/c1-5-31(19-23-16-17-29-26(28-4)30-23)24(33)11-9-7-6-8-10-18-32(20(2)3)25(34)21-12-14-22(27)15-13-21/h12-17,20H,5-11,18-19H2,1-4H3,(H,28,29,30). The number of carbonyl (C=O) groups excluding carboxylic acids is 2. The highest BCUT2D eigenvalue weighted by Crippen LogP contribution is 2.14. The first-order valence-corrected chi connectivity index (χ1v) is 12.2. The van der Waals surface area contributed by atoms with Crippen molar-refractivity contribution in [3.8, 4) is 0 Å². The second kappa shape index (κ2) is 14.3. The second-order valence-electron chi connectivity index (χ2n) is 8.65. The highest BCUT2D eigenvalue weighted by molar-refractivity contribution is 5.94. The summed E-state index contributed by atoms with van der Waals surface area (Å²) in [6, 6.07) is 7.62. The van der Waals surface area contributed by atoms with E-state index >= 15 is 0 Å². The minimum Gasteiger partial charge on any atom is -0.357 e. The summed E-state index contributed by atoms with van der Waals surface area (Å²) in [5.74, 6) is 0.287. The third-order valence-corrected chi connectivity index (χ3v) is 5.79. The fourth-order valence-electron chi connectivity index (χ4n) is 3.78. The van der Waals surface area contributed by atoms with Gasteiger partial charge >= 0.3 is 0 Å². The Morgan fingerprint density at radius 3 is 2.35 bits per heavy atom. The number of anilines is 1. The Balaban J connectivity index is 1.68. The fraction of sp³-hybridized carbons (Fsp3) is 0.538. The van der Waals surface area contributed by atoms with Crippen molar-refractivity contribution in [1.29, 1.82) is 0 Å². The summed E-state index contributed by atoms with van der Waals surface area (Å²) >= 11 is 0. The Morgan fingerprint density at radius 1 is 1.03 bits per heavy atom. The van der Waals surface area contributed by atoms with Gasteiger partial charge in [-0.05, 0) is 63.9 Å². The molecule has 2 amide bonds. The fourth-order valence-corrected chi connectivity index (χ4v) is 3.78. The molecule has 0 atom stereocenters. The largest absolute Gasteiger partial charge is 0.357 e. The van der Waals surface area contributed by atoms with E-state index in [2.05, 4.69) is 15.3 Å². The number of nitrogens with one attached hydrogen (secondary N) is 1. The highest BCUT2D eigenvalue weighted by Gasteiger charge is 2.18. The van der Waals surface area contributed by atoms with Crippen LogP contribution in [-0.2, 0) is 11.3 Å². The molecule has 0 aliphatic heterocycles. The zero-order chi connectivity index (χ0) is 24.9. The number of hydrogen-bond donors (Lipinski definition) is 1. The van der Waals surface area contributed by atoms with E-state index < -0.39 is 0 Å². The van der Waals surface area contributed by atoms with Crippen molar-refractivity contribution in [3.63, 3.8) is 0 Å². The van der Waals surface area contributed by atoms with Crippen molar-refractivity contribution in [2.45, 2.75) is 71.9 Å². The second-order valence-corrected chi connectivity index (χ2v) is 8.65. The topological polar surface area (TPSA) is 78.4 Å². The molecule has 7 nitrogen and oxygen atoms in total. The van der Waals surface area contributed by atoms with Crippen LogP contribution in [0.4, 0.5) is 10.3 Å². The molecule has 2 rings (SSSR count). The number of nitrogens with zero attached hydrogens (tertiary/aromatic N) is 4. The van der Waals surface area contributed by atoms with Crippen LogP contribution in [0.3, 0.4) is 0 Å². The van der Waals surface area contributed by atoms with Crippen LogP contribution in [0.15, 0.2) is 36.5 Å². The lowest BCUT2D eigenvalue weighted by Crippen LogP contribution is -2.37. The summed E-state index contributed by atoms with van der Waals surface area (Å²) < 4.78 is 13.1. The van der Waals surface area contributed by atoms with Crippen LogP contribution in [0.1, 0.15) is 75.3 Å². The predicted molar refractivity (Wildman–Crippen MR) is 133 cm³/mol. The molecular weight excluding hydrogens is 433 g/mol. The van der Waals surface area contributed by atoms with Crippen LogP contribution in [0.5, 0.6) is 0 Å². The third kappa shape index (κ3) is 8.72. The van der Waals surface area contributed by atoms with Crippen LogP contribution < -0.4 is 5.32 Å². The first-order chi connectivity index (χ1) is 16.3. The Kier molecular flexibility index (Phi) is 11.4. The molecule has 0 radical (unpaired) electrons. The Bertz CT molecular complexity index is 904. The van der Waals surface area contributed by atoms with E-state index in [4.69, 9.17) is 0 Å². The number of hydrogen-bond acceptors (Lipinski definition) is 5. The van der Waals surface area contributed by atoms with Crippen molar-refractivity contribution in [2.75, 3.05) is 25.5 Å². The van der Waals surface area contributed by atoms with Crippen LogP contribution in [0.25, 0.3) is 0 Å². The number of benzene rings is 1. The van der Waals surface area contributed by atoms with E-state index in [1.807, 2.05) is 36.6 Å². The molecule has 0 saturated carbocycles. The van der Waals surface area contributed by atoms with Crippen LogP contribution in [0, 0.1) is 5.82 Å². The zero-order valence-electron chi connectivity index (χ0n) is 20.9. The van der Waals surface area contributed by atoms with E-state index in [1.54, 1.807) is 13.2 Å². The van der Waals surface area contributed by atoms with Crippen LogP contribution >= 0.6 is 0 Å². The van der Waals surface area contributed by atoms with Gasteiger partial charge in [0.25, 0.3) is 5.91 Å². The normalized spacial score (nSPS) is 10.9. The van der Waals surface area contributed by atoms with E-state index in [1.165, 1.54) is 24.3 Å². The first-order valence-electron chi connectivity index (χ1n) is 12.2. The number of carbonyl (C=O) groups is 2. The molecule has 1 heterocycles. The first kappa shape index (κ1) is 27.2. The van der Waals surface area contributed by atoms with Gasteiger partial charge < -0.3 is 15.1 Å². The van der Waals surface area contributed by atoms with Gasteiger partial charge in [-0.1, -0.05) is 19.3 Å². The maximum atomic E-state index is 13.1. The molecule has 1 aromatic heterocycles. The molecule has 1 N–H and O–H groups in total. The Labute approximate surface area is 202 Å². The molecular formula is C26H38FN5O2. The molecule has 34 heavy (non-hydrogen) atoms. The average Bonchev–Trinajstić information content (AvgIpc) is 2.84. The molecule has 2 aromatic rings. The molecule has 0 spiro atoms. The molecule has 0 unspecified atom stereocenters. The molecule has 0 fully saturated rings. The van der Waals surface area contributed by atoms with Gasteiger partial charge in [0.05, 0.1) is 12.2 Å². The van der Waals surface area contributed by atoms with Crippen molar-refractivity contribution in [1.82, 2.24) is 19.8 Å². The third-order valence-electron chi connectivity index (χ3n) is 5.79. The molecule has 0 aliphatic carbocycles. The number of halogens is 1. The van der Waals surface area contributed by atoms with Gasteiger partial charge in [-0.3, -0.25) is 9.59 Å². The van der Waals surface area contributed by atoms with Crippen molar-refractivity contribution < 1.29 is 14.0 Å². The average molecular weight is 472 g/mol. The number of aromatic nitrogens is 2. The van der Waals surface area contributed by atoms with Gasteiger partial charge in [-0.2, -0.15) is 0 Å². The smallest absolute Gasteiger partial charge is 0.254 e. The number of rotatable bonds is 14. The van der Waals surface area contributed by atoms with Gasteiger partial charge in [0, 0.05) is 44.4 Å². The summed E-state index contributed by atoms with van der Waals surface area (Å²) in [7, 11) is 1.77. The summed E-state index contributed by atoms with van der Waals surface area (Å²) in [5.41, 5.74) is 1.33. The monoisotopic (exact) mass is 471 g/mol. The summed E-state index contributed by atoms with van der Waals surface area (Å²) in [5, 5.41) is 2.91. The molecule has 0 aliphatic rings. The Hall–Kier alpha value is -3.03. The molecule has 0 bridgehead atoms. The van der Waals surface area contributed by atoms with E-state index in [0.29, 0.717) is 37.6 Å². The maximum absolute atomic E-state index is 13.1. The lowest BCUT2D eigenvalue weighted by atomic mass is 10.1. The van der Waals surface area contributed by atoms with Gasteiger partial charge in [-0.15, -0.1) is 0 Å². The lowest BCUT2D eigenvalue weighted by Gasteiger charge is -2.27. The number of unbranched alkanes of at least 4 members (excludes halogenated alkanes) is 4. The van der Waals surface area contributed by atoms with Crippen molar-refractivity contribution in [2.24, 2.45) is 0 Å². The lowest BCUT2D eigenvalue weighted by molar-refractivity contribution is -0.131. The summed E-state index contributed by atoms with van der Waals surface area (Å²) in [6.07, 6.45) is 6.98. The van der Waals surface area contributed by atoms with Gasteiger partial charge in [0.1, 0.15) is 5.82 Å². The van der Waals surface area contributed by atoms with Gasteiger partial charge in [-0.25, -0.2) is 14.4 Å². The van der Waals surface area contributed by atoms with Crippen LogP contribution in [0.2, 0.25) is 0 Å². The predicted octanol–water partition coefficient (Wildman–Crippen LogP) is 4.90. The van der Waals surface area contributed by atoms with E-state index in [-0.39, 0.29) is 23.7 Å². The van der Waals surface area contributed by atoms with Crippen molar-refractivity contribution in [3.05, 3.63) is 53.6 Å². The number of amides is 2. The maximum Gasteiger partial charge on any atom is 0.254 e. The minimum atomic E-state index is -0.342. The SMILES string of the molecule is CCN(Cc1ccnc(NC)n1)C(=O)CCCCCCCN(C(=O)c1ccc(F)cc1)C(C)C. The zero-order valence-corrected chi connectivity index (χ0v) is 20.9. The molecule has 186 valence electrons. The van der Waals surface area contributed by atoms with Gasteiger partial charge in [0.15, 0.2) is 0 Å². The molecule has 1 aromatic carbocycles. The van der Waals surface area contributed by atoms with Gasteiger partial charge in [0.2, 0.25) is 11.9 Å². The Morgan fingerprint density at radius 2 is 1.71 bits per heavy atom. The van der Waals surface area contributed by atoms with E-state index in [9.17, 15) is 14.0 Å².